The number of hydrogen-bond donors (Lipinski definition) is 0. The summed E-state index contributed by atoms with van der Waals surface area (Å²) in [4.78, 5) is 29.1. The lowest BCUT2D eigenvalue weighted by Crippen LogP contribution is -2.39. The summed E-state index contributed by atoms with van der Waals surface area (Å²) in [6.07, 6.45) is 2.98. The van der Waals surface area contributed by atoms with Gasteiger partial charge in [0.25, 0.3) is 5.56 Å². The molecule has 1 aromatic heterocycles. The van der Waals surface area contributed by atoms with Crippen LogP contribution in [-0.2, 0) is 11.3 Å². The Morgan fingerprint density at radius 3 is 1.88 bits per heavy atom. The average molecular weight is 594 g/mol. The lowest BCUT2D eigenvalue weighted by molar-refractivity contribution is 0.0161. The van der Waals surface area contributed by atoms with E-state index in [9.17, 15) is 9.59 Å². The zero-order chi connectivity index (χ0) is 28.8. The van der Waals surface area contributed by atoms with Crippen LogP contribution < -0.4 is 34.0 Å². The van der Waals surface area contributed by atoms with E-state index in [0.29, 0.717) is 51.8 Å². The van der Waals surface area contributed by atoms with E-state index in [0.717, 1.165) is 25.9 Å². The highest BCUT2D eigenvalue weighted by atomic mass is 35.5. The number of fused-ring (bicyclic) bond motifs is 1. The molecule has 1 atom stereocenters. The quantitative estimate of drug-likeness (QED) is 0.288. The standard InChI is InChI=1S/C28H35N3O9.ClH/c1-34-21-11-17(12-22(35-2)25(21)38-5)28(33)40-18(15-30-9-7-8-10-30)16-31-27(32)19-13-23(36-3)26(39-6)24(37-4)20(19)14-29-31;/h11-14,18H,7-10,15-16H2,1-6H3;1H. The van der Waals surface area contributed by atoms with Crippen LogP contribution in [0.15, 0.2) is 29.2 Å². The molecular weight excluding hydrogens is 558 g/mol. The van der Waals surface area contributed by atoms with Gasteiger partial charge in [0.2, 0.25) is 11.5 Å². The molecule has 0 N–H and O–H groups in total. The molecule has 1 aliphatic heterocycles. The van der Waals surface area contributed by atoms with Gasteiger partial charge in [-0.2, -0.15) is 5.10 Å². The fourth-order valence-corrected chi connectivity index (χ4v) is 4.93. The molecule has 12 nitrogen and oxygen atoms in total. The summed E-state index contributed by atoms with van der Waals surface area (Å²) in [6.45, 7) is 2.24. The lowest BCUT2D eigenvalue weighted by Gasteiger charge is -2.24. The van der Waals surface area contributed by atoms with Crippen LogP contribution in [0.3, 0.4) is 0 Å². The molecule has 4 rings (SSSR count). The fourth-order valence-electron chi connectivity index (χ4n) is 4.93. The zero-order valence-corrected chi connectivity index (χ0v) is 24.9. The summed E-state index contributed by atoms with van der Waals surface area (Å²) in [5.74, 6) is 1.49. The minimum Gasteiger partial charge on any atom is -0.493 e. The summed E-state index contributed by atoms with van der Waals surface area (Å²) < 4.78 is 39.8. The molecule has 1 fully saturated rings. The molecule has 1 unspecified atom stereocenters. The first-order chi connectivity index (χ1) is 19.4. The Hall–Kier alpha value is -3.90. The van der Waals surface area contributed by atoms with Gasteiger partial charge in [-0.15, -0.1) is 12.4 Å². The molecule has 1 saturated heterocycles. The number of carbonyl (C=O) groups is 1. The maximum absolute atomic E-state index is 13.6. The summed E-state index contributed by atoms with van der Waals surface area (Å²) in [5.41, 5.74) is -0.159. The Bertz CT molecular complexity index is 1400. The molecular formula is C28H36ClN3O9. The summed E-state index contributed by atoms with van der Waals surface area (Å²) >= 11 is 0. The molecule has 3 aromatic rings. The Balaban J connectivity index is 0.00000462. The molecule has 0 aliphatic carbocycles. The van der Waals surface area contributed by atoms with Crippen LogP contribution in [0.25, 0.3) is 10.8 Å². The first kappa shape index (κ1) is 31.6. The monoisotopic (exact) mass is 593 g/mol. The van der Waals surface area contributed by atoms with Crippen LogP contribution in [0.1, 0.15) is 23.2 Å². The summed E-state index contributed by atoms with van der Waals surface area (Å²) in [5, 5.41) is 5.19. The third kappa shape index (κ3) is 6.54. The zero-order valence-electron chi connectivity index (χ0n) is 24.1. The lowest BCUT2D eigenvalue weighted by atomic mass is 10.1. The average Bonchev–Trinajstić information content (AvgIpc) is 3.49. The summed E-state index contributed by atoms with van der Waals surface area (Å²) in [7, 11) is 8.89. The van der Waals surface area contributed by atoms with Crippen molar-refractivity contribution in [2.24, 2.45) is 0 Å². The van der Waals surface area contributed by atoms with Gasteiger partial charge in [-0.3, -0.25) is 9.69 Å². The molecule has 41 heavy (non-hydrogen) atoms. The minimum absolute atomic E-state index is 0. The molecule has 0 bridgehead atoms. The van der Waals surface area contributed by atoms with Crippen LogP contribution in [0.5, 0.6) is 34.5 Å². The van der Waals surface area contributed by atoms with Crippen LogP contribution in [0, 0.1) is 0 Å². The third-order valence-corrected chi connectivity index (χ3v) is 6.87. The number of halogens is 1. The van der Waals surface area contributed by atoms with Crippen LogP contribution >= 0.6 is 12.4 Å². The Morgan fingerprint density at radius 2 is 1.34 bits per heavy atom. The SMILES string of the molecule is COc1cc(C(=O)OC(CN2CCCC2)Cn2ncc3c(OC)c(OC)c(OC)cc3c2=O)cc(OC)c1OC.Cl. The molecule has 0 saturated carbocycles. The first-order valence-electron chi connectivity index (χ1n) is 12.8. The van der Waals surface area contributed by atoms with Crippen molar-refractivity contribution >= 4 is 29.1 Å². The van der Waals surface area contributed by atoms with Gasteiger partial charge in [0.15, 0.2) is 23.0 Å². The largest absolute Gasteiger partial charge is 0.493 e. The van der Waals surface area contributed by atoms with E-state index in [2.05, 4.69) is 10.00 Å². The Morgan fingerprint density at radius 1 is 0.780 bits per heavy atom. The normalized spacial score (nSPS) is 13.7. The van der Waals surface area contributed by atoms with Crippen molar-refractivity contribution in [2.45, 2.75) is 25.5 Å². The molecule has 0 spiro atoms. The van der Waals surface area contributed by atoms with Crippen LogP contribution in [-0.4, -0.2) is 89.0 Å². The second-order valence-electron chi connectivity index (χ2n) is 9.19. The number of esters is 1. The molecule has 2 aromatic carbocycles. The first-order valence-corrected chi connectivity index (χ1v) is 12.8. The number of nitrogens with zero attached hydrogens (tertiary/aromatic N) is 3. The number of ether oxygens (including phenoxy) is 7. The highest BCUT2D eigenvalue weighted by Gasteiger charge is 2.26. The topological polar surface area (TPSA) is 120 Å². The second-order valence-corrected chi connectivity index (χ2v) is 9.19. The Labute approximate surface area is 244 Å². The number of aromatic nitrogens is 2. The third-order valence-electron chi connectivity index (χ3n) is 6.87. The highest BCUT2D eigenvalue weighted by Crippen LogP contribution is 2.42. The second kappa shape index (κ2) is 14.1. The van der Waals surface area contributed by atoms with Crippen molar-refractivity contribution < 1.29 is 38.0 Å². The van der Waals surface area contributed by atoms with Crippen molar-refractivity contribution in [1.82, 2.24) is 14.7 Å². The van der Waals surface area contributed by atoms with Gasteiger partial charge in [0.1, 0.15) is 6.10 Å². The minimum atomic E-state index is -0.672. The van der Waals surface area contributed by atoms with Crippen LogP contribution in [0.2, 0.25) is 0 Å². The maximum Gasteiger partial charge on any atom is 0.338 e. The van der Waals surface area contributed by atoms with Gasteiger partial charge in [0, 0.05) is 6.54 Å². The van der Waals surface area contributed by atoms with Crippen molar-refractivity contribution in [2.75, 3.05) is 62.3 Å². The van der Waals surface area contributed by atoms with Crippen molar-refractivity contribution in [3.8, 4) is 34.5 Å². The number of likely N-dealkylation sites (tertiary alicyclic amines) is 1. The number of carbonyl (C=O) groups excluding carboxylic acids is 1. The van der Waals surface area contributed by atoms with Gasteiger partial charge < -0.3 is 33.2 Å². The van der Waals surface area contributed by atoms with Crippen molar-refractivity contribution in [3.63, 3.8) is 0 Å². The molecule has 0 radical (unpaired) electrons. The van der Waals surface area contributed by atoms with E-state index < -0.39 is 12.1 Å². The fraction of sp³-hybridized carbons (Fsp3) is 0.464. The van der Waals surface area contributed by atoms with E-state index in [4.69, 9.17) is 33.2 Å². The number of benzene rings is 2. The predicted octanol–water partition coefficient (Wildman–Crippen LogP) is 3.19. The molecule has 13 heteroatoms. The van der Waals surface area contributed by atoms with Gasteiger partial charge in [-0.1, -0.05) is 0 Å². The van der Waals surface area contributed by atoms with E-state index in [1.807, 2.05) is 0 Å². The maximum atomic E-state index is 13.6. The van der Waals surface area contributed by atoms with E-state index in [1.54, 1.807) is 6.07 Å². The van der Waals surface area contributed by atoms with E-state index in [1.165, 1.54) is 65.7 Å². The van der Waals surface area contributed by atoms with Gasteiger partial charge in [-0.05, 0) is 44.1 Å². The predicted molar refractivity (Wildman–Crippen MR) is 154 cm³/mol. The number of hydrogen-bond acceptors (Lipinski definition) is 11. The van der Waals surface area contributed by atoms with Crippen molar-refractivity contribution in [3.05, 3.63) is 40.3 Å². The smallest absolute Gasteiger partial charge is 0.338 e. The molecule has 0 amide bonds. The van der Waals surface area contributed by atoms with Crippen LogP contribution in [0.4, 0.5) is 0 Å². The van der Waals surface area contributed by atoms with E-state index in [-0.39, 0.29) is 30.1 Å². The summed E-state index contributed by atoms with van der Waals surface area (Å²) in [6, 6.07) is 4.65. The number of methoxy groups -OCH3 is 6. The van der Waals surface area contributed by atoms with E-state index >= 15 is 0 Å². The number of rotatable bonds is 12. The molecule has 224 valence electrons. The Kier molecular flexibility index (Phi) is 10.9. The highest BCUT2D eigenvalue weighted by molar-refractivity contribution is 5.92. The molecule has 2 heterocycles. The van der Waals surface area contributed by atoms with Gasteiger partial charge in [-0.25, -0.2) is 9.48 Å². The molecule has 1 aliphatic rings. The van der Waals surface area contributed by atoms with Crippen molar-refractivity contribution in [1.29, 1.82) is 0 Å². The van der Waals surface area contributed by atoms with Gasteiger partial charge in [0.05, 0.1) is 71.7 Å². The van der Waals surface area contributed by atoms with Gasteiger partial charge >= 0.3 is 5.97 Å².